The van der Waals surface area contributed by atoms with Crippen molar-refractivity contribution in [3.8, 4) is 0 Å². The second-order valence-electron chi connectivity index (χ2n) is 4.26. The molecule has 5 nitrogen and oxygen atoms in total. The quantitative estimate of drug-likeness (QED) is 0.614. The van der Waals surface area contributed by atoms with Gasteiger partial charge in [0.1, 0.15) is 0 Å². The Kier molecular flexibility index (Phi) is 2.92. The van der Waals surface area contributed by atoms with E-state index in [0.29, 0.717) is 18.4 Å². The van der Waals surface area contributed by atoms with Crippen LogP contribution in [-0.4, -0.2) is 24.9 Å². The van der Waals surface area contributed by atoms with E-state index in [1.165, 1.54) is 6.07 Å². The maximum absolute atomic E-state index is 11.2. The number of carbonyl (C=O) groups is 1. The van der Waals surface area contributed by atoms with Gasteiger partial charge in [-0.25, -0.2) is 0 Å². The number of benzene rings is 1. The summed E-state index contributed by atoms with van der Waals surface area (Å²) in [4.78, 5) is 10.7. The van der Waals surface area contributed by atoms with Crippen LogP contribution in [0.5, 0.6) is 0 Å². The van der Waals surface area contributed by atoms with E-state index < -0.39 is 10.1 Å². The number of hydrogen-bond donors (Lipinski definition) is 2. The highest BCUT2D eigenvalue weighted by Gasteiger charge is 2.27. The van der Waals surface area contributed by atoms with Gasteiger partial charge in [0, 0.05) is 12.5 Å². The van der Waals surface area contributed by atoms with E-state index >= 15 is 0 Å². The summed E-state index contributed by atoms with van der Waals surface area (Å²) in [6, 6.07) is 4.70. The highest BCUT2D eigenvalue weighted by Crippen LogP contribution is 2.21. The van der Waals surface area contributed by atoms with Crippen molar-refractivity contribution in [1.82, 2.24) is 5.32 Å². The summed E-state index contributed by atoms with van der Waals surface area (Å²) in [6.45, 7) is 1.84. The third-order valence-electron chi connectivity index (χ3n) is 2.76. The minimum absolute atomic E-state index is 0.0314. The van der Waals surface area contributed by atoms with E-state index in [2.05, 4.69) is 5.32 Å². The van der Waals surface area contributed by atoms with E-state index in [4.69, 9.17) is 4.55 Å². The molecule has 0 saturated carbocycles. The Morgan fingerprint density at radius 2 is 2.12 bits per heavy atom. The van der Waals surface area contributed by atoms with Gasteiger partial charge in [0.15, 0.2) is 0 Å². The molecule has 0 bridgehead atoms. The topological polar surface area (TPSA) is 83.5 Å². The van der Waals surface area contributed by atoms with Crippen LogP contribution in [0.1, 0.15) is 17.5 Å². The normalized spacial score (nSPS) is 19.6. The molecule has 0 spiro atoms. The van der Waals surface area contributed by atoms with E-state index in [0.717, 1.165) is 5.56 Å². The van der Waals surface area contributed by atoms with E-state index in [1.807, 2.05) is 6.92 Å². The molecule has 1 amide bonds. The predicted molar refractivity (Wildman–Crippen MR) is 61.2 cm³/mol. The number of aryl methyl sites for hydroxylation is 1. The predicted octanol–water partition coefficient (Wildman–Crippen LogP) is 0.673. The van der Waals surface area contributed by atoms with Crippen molar-refractivity contribution < 1.29 is 17.8 Å². The van der Waals surface area contributed by atoms with Crippen molar-refractivity contribution in [2.24, 2.45) is 0 Å². The second-order valence-corrected chi connectivity index (χ2v) is 5.65. The molecule has 0 aromatic heterocycles. The van der Waals surface area contributed by atoms with Crippen LogP contribution < -0.4 is 5.32 Å². The zero-order valence-corrected chi connectivity index (χ0v) is 10.1. The second kappa shape index (κ2) is 4.12. The van der Waals surface area contributed by atoms with Gasteiger partial charge in [0.25, 0.3) is 10.1 Å². The molecular formula is C11H13NO4S. The van der Waals surface area contributed by atoms with Crippen LogP contribution in [-0.2, 0) is 21.3 Å². The van der Waals surface area contributed by atoms with Crippen molar-refractivity contribution >= 4 is 16.0 Å². The number of hydrogen-bond acceptors (Lipinski definition) is 3. The average molecular weight is 255 g/mol. The molecule has 1 fully saturated rings. The lowest BCUT2D eigenvalue weighted by atomic mass is 9.97. The molecule has 1 aromatic rings. The van der Waals surface area contributed by atoms with Crippen LogP contribution in [0.25, 0.3) is 0 Å². The molecule has 0 radical (unpaired) electrons. The molecule has 1 aromatic carbocycles. The zero-order valence-electron chi connectivity index (χ0n) is 9.30. The molecular weight excluding hydrogens is 242 g/mol. The van der Waals surface area contributed by atoms with Gasteiger partial charge in [-0.15, -0.1) is 0 Å². The van der Waals surface area contributed by atoms with Gasteiger partial charge < -0.3 is 5.32 Å². The summed E-state index contributed by atoms with van der Waals surface area (Å²) in [7, 11) is -4.21. The Bertz CT molecular complexity index is 557. The van der Waals surface area contributed by atoms with Gasteiger partial charge in [-0.05, 0) is 25.0 Å². The molecule has 2 N–H and O–H groups in total. The molecule has 1 heterocycles. The first-order valence-corrected chi connectivity index (χ1v) is 6.66. The molecule has 0 unspecified atom stereocenters. The van der Waals surface area contributed by atoms with Crippen LogP contribution in [0.2, 0.25) is 0 Å². The highest BCUT2D eigenvalue weighted by atomic mass is 32.2. The van der Waals surface area contributed by atoms with Crippen LogP contribution >= 0.6 is 0 Å². The van der Waals surface area contributed by atoms with Gasteiger partial charge in [-0.1, -0.05) is 17.7 Å². The maximum Gasteiger partial charge on any atom is 0.294 e. The first-order chi connectivity index (χ1) is 7.86. The summed E-state index contributed by atoms with van der Waals surface area (Å²) in [5.74, 6) is -0.0314. The minimum Gasteiger partial charge on any atom is -0.352 e. The maximum atomic E-state index is 11.2. The standard InChI is InChI=1S/C11H13NO4S/c1-7-2-3-10(17(14,15)16)8(4-7)5-9-6-11(13)12-9/h2-4,9H,5-6H2,1H3,(H,12,13)(H,14,15,16)/t9-/m0/s1. The molecule has 1 aliphatic rings. The number of nitrogens with one attached hydrogen (secondary N) is 1. The summed E-state index contributed by atoms with van der Waals surface area (Å²) in [5, 5.41) is 2.67. The van der Waals surface area contributed by atoms with Crippen molar-refractivity contribution in [2.45, 2.75) is 30.7 Å². The Morgan fingerprint density at radius 3 is 2.65 bits per heavy atom. The van der Waals surface area contributed by atoms with Crippen LogP contribution in [0, 0.1) is 6.92 Å². The highest BCUT2D eigenvalue weighted by molar-refractivity contribution is 7.85. The molecule has 1 aliphatic heterocycles. The SMILES string of the molecule is Cc1ccc(S(=O)(=O)O)c(C[C@H]2CC(=O)N2)c1. The van der Waals surface area contributed by atoms with Gasteiger partial charge in [-0.2, -0.15) is 8.42 Å². The first kappa shape index (κ1) is 12.1. The summed E-state index contributed by atoms with van der Waals surface area (Å²) >= 11 is 0. The monoisotopic (exact) mass is 255 g/mol. The lowest BCUT2D eigenvalue weighted by Gasteiger charge is -2.27. The molecule has 1 atom stereocenters. The smallest absolute Gasteiger partial charge is 0.294 e. The Labute approximate surface area is 99.6 Å². The fraction of sp³-hybridized carbons (Fsp3) is 0.364. The average Bonchev–Trinajstić information content (AvgIpc) is 2.13. The first-order valence-electron chi connectivity index (χ1n) is 5.22. The molecule has 92 valence electrons. The largest absolute Gasteiger partial charge is 0.352 e. The Hall–Kier alpha value is -1.40. The molecule has 2 rings (SSSR count). The number of amides is 1. The fourth-order valence-corrected chi connectivity index (χ4v) is 2.65. The molecule has 1 saturated heterocycles. The van der Waals surface area contributed by atoms with Crippen LogP contribution in [0.3, 0.4) is 0 Å². The summed E-state index contributed by atoms with van der Waals surface area (Å²) in [5.41, 5.74) is 1.45. The van der Waals surface area contributed by atoms with E-state index in [1.54, 1.807) is 12.1 Å². The van der Waals surface area contributed by atoms with Crippen molar-refractivity contribution in [3.63, 3.8) is 0 Å². The molecule has 17 heavy (non-hydrogen) atoms. The van der Waals surface area contributed by atoms with Crippen molar-refractivity contribution in [2.75, 3.05) is 0 Å². The van der Waals surface area contributed by atoms with Gasteiger partial charge in [0.2, 0.25) is 5.91 Å². The third kappa shape index (κ3) is 2.65. The number of β-lactam (4-membered cyclic amide) rings is 1. The van der Waals surface area contributed by atoms with Gasteiger partial charge >= 0.3 is 0 Å². The van der Waals surface area contributed by atoms with E-state index in [9.17, 15) is 13.2 Å². The van der Waals surface area contributed by atoms with Crippen molar-refractivity contribution in [1.29, 1.82) is 0 Å². The zero-order chi connectivity index (χ0) is 12.6. The van der Waals surface area contributed by atoms with Crippen molar-refractivity contribution in [3.05, 3.63) is 29.3 Å². The molecule has 6 heteroatoms. The number of rotatable bonds is 3. The Morgan fingerprint density at radius 1 is 1.47 bits per heavy atom. The molecule has 0 aliphatic carbocycles. The Balaban J connectivity index is 2.31. The van der Waals surface area contributed by atoms with Gasteiger partial charge in [0.05, 0.1) is 4.90 Å². The fourth-order valence-electron chi connectivity index (χ4n) is 1.94. The third-order valence-corrected chi connectivity index (χ3v) is 3.71. The van der Waals surface area contributed by atoms with Crippen LogP contribution in [0.4, 0.5) is 0 Å². The lowest BCUT2D eigenvalue weighted by Crippen LogP contribution is -2.49. The van der Waals surface area contributed by atoms with Gasteiger partial charge in [-0.3, -0.25) is 9.35 Å². The van der Waals surface area contributed by atoms with Crippen LogP contribution in [0.15, 0.2) is 23.1 Å². The summed E-state index contributed by atoms with van der Waals surface area (Å²) < 4.78 is 31.5. The lowest BCUT2D eigenvalue weighted by molar-refractivity contribution is -0.128. The summed E-state index contributed by atoms with van der Waals surface area (Å²) in [6.07, 6.45) is 0.821. The minimum atomic E-state index is -4.21. The number of carbonyl (C=O) groups excluding carboxylic acids is 1. The van der Waals surface area contributed by atoms with E-state index in [-0.39, 0.29) is 16.8 Å².